The van der Waals surface area contributed by atoms with Gasteiger partial charge in [-0.05, 0) is 12.8 Å². The molecule has 0 spiro atoms. The summed E-state index contributed by atoms with van der Waals surface area (Å²) in [4.78, 5) is 19.1. The molecule has 0 bridgehead atoms. The molecule has 1 saturated carbocycles. The van der Waals surface area contributed by atoms with Gasteiger partial charge in [0.05, 0.1) is 25.7 Å². The molecule has 0 aromatic carbocycles. The van der Waals surface area contributed by atoms with Crippen molar-refractivity contribution in [3.05, 3.63) is 12.7 Å². The molecule has 1 N–H and O–H groups in total. The van der Waals surface area contributed by atoms with Crippen molar-refractivity contribution in [2.45, 2.75) is 57.5 Å². The number of aromatic nitrogens is 3. The van der Waals surface area contributed by atoms with Gasteiger partial charge in [0.25, 0.3) is 0 Å². The van der Waals surface area contributed by atoms with Gasteiger partial charge in [0.15, 0.2) is 0 Å². The second-order valence-corrected chi connectivity index (χ2v) is 7.47. The molecular formula is C18H31N5O2. The van der Waals surface area contributed by atoms with Crippen LogP contribution in [0.15, 0.2) is 12.7 Å². The number of carbonyl (C=O) groups excluding carboxylic acids is 1. The first kappa shape index (κ1) is 18.3. The SMILES string of the molecule is CC(Cn1cncn1)C(=O)NCC1(N2CCOCC2)CCCCCC1. The number of hydrogen-bond donors (Lipinski definition) is 1. The quantitative estimate of drug-likeness (QED) is 0.787. The van der Waals surface area contributed by atoms with E-state index in [4.69, 9.17) is 4.74 Å². The van der Waals surface area contributed by atoms with E-state index in [0.717, 1.165) is 32.8 Å². The normalized spacial score (nSPS) is 22.9. The van der Waals surface area contributed by atoms with Gasteiger partial charge in [-0.3, -0.25) is 14.4 Å². The molecule has 2 aliphatic rings. The number of carbonyl (C=O) groups is 1. The first-order valence-corrected chi connectivity index (χ1v) is 9.63. The average molecular weight is 349 g/mol. The van der Waals surface area contributed by atoms with Gasteiger partial charge in [-0.1, -0.05) is 32.6 Å². The Balaban J connectivity index is 1.60. The summed E-state index contributed by atoms with van der Waals surface area (Å²) in [5, 5.41) is 7.34. The van der Waals surface area contributed by atoms with Crippen LogP contribution in [0.4, 0.5) is 0 Å². The van der Waals surface area contributed by atoms with E-state index in [-0.39, 0.29) is 17.4 Å². The van der Waals surface area contributed by atoms with Crippen LogP contribution in [0.5, 0.6) is 0 Å². The fraction of sp³-hybridized carbons (Fsp3) is 0.833. The first-order valence-electron chi connectivity index (χ1n) is 9.63. The van der Waals surface area contributed by atoms with E-state index >= 15 is 0 Å². The maximum absolute atomic E-state index is 12.6. The number of nitrogens with one attached hydrogen (secondary N) is 1. The van der Waals surface area contributed by atoms with Gasteiger partial charge in [-0.25, -0.2) is 4.98 Å². The number of ether oxygens (including phenoxy) is 1. The molecule has 7 nitrogen and oxygen atoms in total. The van der Waals surface area contributed by atoms with Crippen LogP contribution in [0.25, 0.3) is 0 Å². The molecule has 25 heavy (non-hydrogen) atoms. The summed E-state index contributed by atoms with van der Waals surface area (Å²) in [5.74, 6) is -0.0124. The van der Waals surface area contributed by atoms with Gasteiger partial charge < -0.3 is 10.1 Å². The van der Waals surface area contributed by atoms with Crippen molar-refractivity contribution in [2.75, 3.05) is 32.8 Å². The van der Waals surface area contributed by atoms with E-state index in [1.165, 1.54) is 44.9 Å². The Morgan fingerprint density at radius 1 is 1.24 bits per heavy atom. The Kier molecular flexibility index (Phi) is 6.42. The van der Waals surface area contributed by atoms with Gasteiger partial charge in [0.2, 0.25) is 5.91 Å². The molecule has 3 rings (SSSR count). The molecule has 1 aliphatic carbocycles. The van der Waals surface area contributed by atoms with Crippen LogP contribution >= 0.6 is 0 Å². The predicted molar refractivity (Wildman–Crippen MR) is 95.0 cm³/mol. The standard InChI is InChI=1S/C18H31N5O2/c1-16(12-23-15-19-14-21-23)17(24)20-13-18(6-4-2-3-5-7-18)22-8-10-25-11-9-22/h14-16H,2-13H2,1H3,(H,20,24). The summed E-state index contributed by atoms with van der Waals surface area (Å²) < 4.78 is 7.26. The Hall–Kier alpha value is -1.47. The van der Waals surface area contributed by atoms with Crippen molar-refractivity contribution in [2.24, 2.45) is 5.92 Å². The maximum atomic E-state index is 12.6. The average Bonchev–Trinajstić information content (AvgIpc) is 3.03. The number of rotatable bonds is 6. The summed E-state index contributed by atoms with van der Waals surface area (Å²) in [5.41, 5.74) is 0.100. The summed E-state index contributed by atoms with van der Waals surface area (Å²) in [6, 6.07) is 0. The summed E-state index contributed by atoms with van der Waals surface area (Å²) >= 11 is 0. The number of nitrogens with zero attached hydrogens (tertiary/aromatic N) is 4. The second kappa shape index (κ2) is 8.76. The maximum Gasteiger partial charge on any atom is 0.224 e. The van der Waals surface area contributed by atoms with E-state index in [2.05, 4.69) is 20.3 Å². The molecule has 7 heteroatoms. The minimum Gasteiger partial charge on any atom is -0.379 e. The van der Waals surface area contributed by atoms with Crippen molar-refractivity contribution in [1.29, 1.82) is 0 Å². The fourth-order valence-electron chi connectivity index (χ4n) is 4.15. The molecule has 1 unspecified atom stereocenters. The third kappa shape index (κ3) is 4.79. The van der Waals surface area contributed by atoms with Gasteiger partial charge in [-0.2, -0.15) is 5.10 Å². The Morgan fingerprint density at radius 3 is 2.60 bits per heavy atom. The first-order chi connectivity index (χ1) is 12.2. The van der Waals surface area contributed by atoms with Crippen LogP contribution in [0.3, 0.4) is 0 Å². The van der Waals surface area contributed by atoms with Crippen LogP contribution in [0.1, 0.15) is 45.4 Å². The number of amides is 1. The number of morpholine rings is 1. The largest absolute Gasteiger partial charge is 0.379 e. The van der Waals surface area contributed by atoms with Gasteiger partial charge in [0, 0.05) is 25.2 Å². The molecule has 140 valence electrons. The van der Waals surface area contributed by atoms with Gasteiger partial charge in [0.1, 0.15) is 12.7 Å². The minimum absolute atomic E-state index is 0.100. The molecule has 1 aliphatic heterocycles. The van der Waals surface area contributed by atoms with E-state index in [9.17, 15) is 4.79 Å². The van der Waals surface area contributed by atoms with Crippen LogP contribution in [0, 0.1) is 5.92 Å². The van der Waals surface area contributed by atoms with E-state index in [1.807, 2.05) is 6.92 Å². The molecular weight excluding hydrogens is 318 g/mol. The Labute approximate surface area is 150 Å². The highest BCUT2D eigenvalue weighted by Crippen LogP contribution is 2.33. The Morgan fingerprint density at radius 2 is 1.96 bits per heavy atom. The predicted octanol–water partition coefficient (Wildman–Crippen LogP) is 1.46. The highest BCUT2D eigenvalue weighted by Gasteiger charge is 2.38. The summed E-state index contributed by atoms with van der Waals surface area (Å²) in [6.45, 7) is 6.82. The topological polar surface area (TPSA) is 72.3 Å². The third-order valence-corrected chi connectivity index (χ3v) is 5.68. The molecule has 1 amide bonds. The third-order valence-electron chi connectivity index (χ3n) is 5.68. The highest BCUT2D eigenvalue weighted by molar-refractivity contribution is 5.78. The van der Waals surface area contributed by atoms with E-state index in [1.54, 1.807) is 11.0 Å². The molecule has 2 heterocycles. The number of hydrogen-bond acceptors (Lipinski definition) is 5. The second-order valence-electron chi connectivity index (χ2n) is 7.47. The molecule has 0 radical (unpaired) electrons. The zero-order valence-corrected chi connectivity index (χ0v) is 15.3. The smallest absolute Gasteiger partial charge is 0.224 e. The lowest BCUT2D eigenvalue weighted by atomic mass is 9.87. The molecule has 1 aromatic rings. The Bertz CT molecular complexity index is 520. The lowest BCUT2D eigenvalue weighted by Gasteiger charge is -2.46. The highest BCUT2D eigenvalue weighted by atomic mass is 16.5. The van der Waals surface area contributed by atoms with Crippen molar-refractivity contribution < 1.29 is 9.53 Å². The summed E-state index contributed by atoms with van der Waals surface area (Å²) in [6.07, 6.45) is 10.6. The van der Waals surface area contributed by atoms with Gasteiger partial charge >= 0.3 is 0 Å². The zero-order chi connectivity index (χ0) is 17.5. The molecule has 2 fully saturated rings. The lowest BCUT2D eigenvalue weighted by Crippen LogP contribution is -2.59. The van der Waals surface area contributed by atoms with E-state index in [0.29, 0.717) is 6.54 Å². The van der Waals surface area contributed by atoms with Crippen molar-refractivity contribution in [3.8, 4) is 0 Å². The zero-order valence-electron chi connectivity index (χ0n) is 15.3. The van der Waals surface area contributed by atoms with Gasteiger partial charge in [-0.15, -0.1) is 0 Å². The monoisotopic (exact) mass is 349 g/mol. The molecule has 1 aromatic heterocycles. The van der Waals surface area contributed by atoms with Crippen LogP contribution < -0.4 is 5.32 Å². The van der Waals surface area contributed by atoms with Crippen LogP contribution in [-0.4, -0.2) is 64.0 Å². The molecule has 1 saturated heterocycles. The van der Waals surface area contributed by atoms with Crippen LogP contribution in [0.2, 0.25) is 0 Å². The van der Waals surface area contributed by atoms with E-state index < -0.39 is 0 Å². The van der Waals surface area contributed by atoms with Crippen molar-refractivity contribution in [1.82, 2.24) is 25.0 Å². The van der Waals surface area contributed by atoms with Crippen LogP contribution in [-0.2, 0) is 16.1 Å². The minimum atomic E-state index is -0.116. The van der Waals surface area contributed by atoms with Crippen molar-refractivity contribution in [3.63, 3.8) is 0 Å². The fourth-order valence-corrected chi connectivity index (χ4v) is 4.15. The summed E-state index contributed by atoms with van der Waals surface area (Å²) in [7, 11) is 0. The molecule has 1 atom stereocenters. The lowest BCUT2D eigenvalue weighted by molar-refractivity contribution is -0.126. The van der Waals surface area contributed by atoms with Crippen molar-refractivity contribution >= 4 is 5.91 Å².